The number of thiazole rings is 1. The van der Waals surface area contributed by atoms with Crippen LogP contribution >= 0.6 is 11.3 Å². The highest BCUT2D eigenvalue weighted by atomic mass is 32.1. The number of benzene rings is 1. The number of nitrogens with zero attached hydrogens (tertiary/aromatic N) is 2. The molecule has 2 heterocycles. The summed E-state index contributed by atoms with van der Waals surface area (Å²) in [6, 6.07) is 6.22. The number of methoxy groups -OCH3 is 1. The topological polar surface area (TPSA) is 52.5 Å². The summed E-state index contributed by atoms with van der Waals surface area (Å²) in [6.45, 7) is 4.90. The SMILES string of the molecule is COc1ccc(-c2nc3sc4c(n3c2CN)CCC(C)C4)cc1C. The van der Waals surface area contributed by atoms with Crippen LogP contribution in [0.2, 0.25) is 0 Å². The van der Waals surface area contributed by atoms with Crippen molar-refractivity contribution in [3.05, 3.63) is 40.0 Å². The first-order chi connectivity index (χ1) is 11.6. The van der Waals surface area contributed by atoms with Gasteiger partial charge in [0.2, 0.25) is 0 Å². The molecule has 24 heavy (non-hydrogen) atoms. The maximum Gasteiger partial charge on any atom is 0.194 e. The van der Waals surface area contributed by atoms with E-state index in [1.807, 2.05) is 17.4 Å². The Kier molecular flexibility index (Phi) is 3.85. The van der Waals surface area contributed by atoms with Crippen LogP contribution in [0.1, 0.15) is 35.2 Å². The van der Waals surface area contributed by atoms with Gasteiger partial charge in [-0.1, -0.05) is 6.92 Å². The van der Waals surface area contributed by atoms with Gasteiger partial charge in [-0.25, -0.2) is 4.98 Å². The van der Waals surface area contributed by atoms with Crippen LogP contribution in [-0.4, -0.2) is 16.5 Å². The molecule has 0 aliphatic heterocycles. The maximum atomic E-state index is 6.13. The van der Waals surface area contributed by atoms with Gasteiger partial charge in [0.05, 0.1) is 18.5 Å². The Morgan fingerprint density at radius 2 is 2.25 bits per heavy atom. The zero-order valence-electron chi connectivity index (χ0n) is 14.4. The average Bonchev–Trinajstić information content (AvgIpc) is 3.09. The van der Waals surface area contributed by atoms with Crippen LogP contribution in [0, 0.1) is 12.8 Å². The van der Waals surface area contributed by atoms with Crippen LogP contribution in [0.3, 0.4) is 0 Å². The van der Waals surface area contributed by atoms with Crippen molar-refractivity contribution in [2.75, 3.05) is 7.11 Å². The molecule has 0 saturated heterocycles. The minimum atomic E-state index is 0.500. The average molecular weight is 341 g/mol. The monoisotopic (exact) mass is 341 g/mol. The molecule has 0 amide bonds. The molecular formula is C19H23N3OS. The molecule has 1 aliphatic carbocycles. The summed E-state index contributed by atoms with van der Waals surface area (Å²) in [7, 11) is 1.70. The quantitative estimate of drug-likeness (QED) is 0.784. The highest BCUT2D eigenvalue weighted by Crippen LogP contribution is 2.37. The van der Waals surface area contributed by atoms with E-state index in [2.05, 4.69) is 30.4 Å². The zero-order chi connectivity index (χ0) is 16.8. The van der Waals surface area contributed by atoms with Crippen molar-refractivity contribution < 1.29 is 4.74 Å². The van der Waals surface area contributed by atoms with Gasteiger partial charge in [-0.15, -0.1) is 11.3 Å². The summed E-state index contributed by atoms with van der Waals surface area (Å²) < 4.78 is 7.69. The van der Waals surface area contributed by atoms with E-state index in [1.165, 1.54) is 23.4 Å². The Labute approximate surface area is 146 Å². The summed E-state index contributed by atoms with van der Waals surface area (Å²) in [5.41, 5.74) is 11.9. The predicted molar refractivity (Wildman–Crippen MR) is 98.9 cm³/mol. The van der Waals surface area contributed by atoms with Crippen LogP contribution in [-0.2, 0) is 19.4 Å². The molecular weight excluding hydrogens is 318 g/mol. The molecule has 0 saturated carbocycles. The van der Waals surface area contributed by atoms with Crippen molar-refractivity contribution in [3.63, 3.8) is 0 Å². The molecule has 2 aromatic heterocycles. The molecule has 4 rings (SSSR count). The van der Waals surface area contributed by atoms with E-state index in [9.17, 15) is 0 Å². The molecule has 1 aromatic carbocycles. The molecule has 1 atom stereocenters. The first-order valence-electron chi connectivity index (χ1n) is 8.49. The maximum absolute atomic E-state index is 6.13. The van der Waals surface area contributed by atoms with Gasteiger partial charge in [-0.2, -0.15) is 0 Å². The van der Waals surface area contributed by atoms with E-state index in [0.717, 1.165) is 45.6 Å². The molecule has 0 spiro atoms. The molecule has 0 bridgehead atoms. The standard InChI is InChI=1S/C19H23N3OS/c1-11-4-6-14-17(8-11)24-19-21-18(15(10-20)22(14)19)13-5-7-16(23-3)12(2)9-13/h5,7,9,11H,4,6,8,10,20H2,1-3H3. The third-order valence-electron chi connectivity index (χ3n) is 5.02. The third kappa shape index (κ3) is 2.34. The van der Waals surface area contributed by atoms with Crippen molar-refractivity contribution in [2.24, 2.45) is 11.7 Å². The first kappa shape index (κ1) is 15.7. The molecule has 0 fully saturated rings. The second-order valence-electron chi connectivity index (χ2n) is 6.73. The van der Waals surface area contributed by atoms with Crippen molar-refractivity contribution in [1.29, 1.82) is 0 Å². The highest BCUT2D eigenvalue weighted by Gasteiger charge is 2.25. The van der Waals surface area contributed by atoms with Gasteiger partial charge < -0.3 is 10.5 Å². The second-order valence-corrected chi connectivity index (χ2v) is 7.80. The number of aromatic nitrogens is 2. The van der Waals surface area contributed by atoms with Crippen LogP contribution in [0.4, 0.5) is 0 Å². The zero-order valence-corrected chi connectivity index (χ0v) is 15.2. The largest absolute Gasteiger partial charge is 0.496 e. The smallest absolute Gasteiger partial charge is 0.194 e. The van der Waals surface area contributed by atoms with E-state index in [0.29, 0.717) is 6.54 Å². The number of aryl methyl sites for hydroxylation is 2. The normalized spacial score (nSPS) is 17.2. The molecule has 4 nitrogen and oxygen atoms in total. The Morgan fingerprint density at radius 3 is 2.96 bits per heavy atom. The lowest BCUT2D eigenvalue weighted by Gasteiger charge is -2.18. The fraction of sp³-hybridized carbons (Fsp3) is 0.421. The van der Waals surface area contributed by atoms with Crippen molar-refractivity contribution >= 4 is 16.3 Å². The van der Waals surface area contributed by atoms with Crippen LogP contribution < -0.4 is 10.5 Å². The summed E-state index contributed by atoms with van der Waals surface area (Å²) in [4.78, 5) is 7.51. The van der Waals surface area contributed by atoms with Crippen molar-refractivity contribution in [2.45, 2.75) is 39.7 Å². The molecule has 3 aromatic rings. The van der Waals surface area contributed by atoms with E-state index < -0.39 is 0 Å². The van der Waals surface area contributed by atoms with Crippen molar-refractivity contribution in [1.82, 2.24) is 9.38 Å². The lowest BCUT2D eigenvalue weighted by Crippen LogP contribution is -2.13. The Balaban J connectivity index is 1.88. The number of ether oxygens (including phenoxy) is 1. The second kappa shape index (κ2) is 5.90. The summed E-state index contributed by atoms with van der Waals surface area (Å²) >= 11 is 1.83. The fourth-order valence-corrected chi connectivity index (χ4v) is 5.08. The summed E-state index contributed by atoms with van der Waals surface area (Å²) in [5.74, 6) is 1.67. The number of nitrogens with two attached hydrogens (primary N) is 1. The first-order valence-corrected chi connectivity index (χ1v) is 9.31. The van der Waals surface area contributed by atoms with Crippen molar-refractivity contribution in [3.8, 4) is 17.0 Å². The summed E-state index contributed by atoms with van der Waals surface area (Å²) in [5, 5.41) is 0. The number of hydrogen-bond acceptors (Lipinski definition) is 4. The molecule has 1 aliphatic rings. The van der Waals surface area contributed by atoms with Gasteiger partial charge in [0, 0.05) is 22.7 Å². The van der Waals surface area contributed by atoms with Gasteiger partial charge in [-0.05, 0) is 55.9 Å². The van der Waals surface area contributed by atoms with E-state index in [-0.39, 0.29) is 0 Å². The molecule has 0 radical (unpaired) electrons. The third-order valence-corrected chi connectivity index (χ3v) is 6.12. The Bertz CT molecular complexity index is 909. The number of fused-ring (bicyclic) bond motifs is 3. The predicted octanol–water partition coefficient (Wildman–Crippen LogP) is 3.96. The lowest BCUT2D eigenvalue weighted by molar-refractivity contribution is 0.412. The van der Waals surface area contributed by atoms with E-state index >= 15 is 0 Å². The molecule has 5 heteroatoms. The van der Waals surface area contributed by atoms with Gasteiger partial charge in [0.1, 0.15) is 5.75 Å². The van der Waals surface area contributed by atoms with Gasteiger partial charge in [0.15, 0.2) is 4.96 Å². The fourth-order valence-electron chi connectivity index (χ4n) is 3.73. The van der Waals surface area contributed by atoms with Crippen LogP contribution in [0.25, 0.3) is 16.2 Å². The Hall–Kier alpha value is -1.85. The molecule has 2 N–H and O–H groups in total. The van der Waals surface area contributed by atoms with Gasteiger partial charge in [-0.3, -0.25) is 4.40 Å². The van der Waals surface area contributed by atoms with Gasteiger partial charge >= 0.3 is 0 Å². The van der Waals surface area contributed by atoms with E-state index in [4.69, 9.17) is 15.5 Å². The van der Waals surface area contributed by atoms with E-state index in [1.54, 1.807) is 7.11 Å². The van der Waals surface area contributed by atoms with Crippen LogP contribution in [0.15, 0.2) is 18.2 Å². The Morgan fingerprint density at radius 1 is 1.42 bits per heavy atom. The van der Waals surface area contributed by atoms with Gasteiger partial charge in [0.25, 0.3) is 0 Å². The molecule has 126 valence electrons. The number of rotatable bonds is 3. The molecule has 1 unspecified atom stereocenters. The van der Waals surface area contributed by atoms with Crippen LogP contribution in [0.5, 0.6) is 5.75 Å². The summed E-state index contributed by atoms with van der Waals surface area (Å²) in [6.07, 6.45) is 3.54. The highest BCUT2D eigenvalue weighted by molar-refractivity contribution is 7.17. The minimum Gasteiger partial charge on any atom is -0.496 e. The number of imidazole rings is 1. The lowest BCUT2D eigenvalue weighted by atomic mass is 9.93. The number of hydrogen-bond donors (Lipinski definition) is 1. The minimum absolute atomic E-state index is 0.500.